The molecule has 1 aliphatic heterocycles. The highest BCUT2D eigenvalue weighted by atomic mass is 16.7. The molecular weight excluding hydrogens is 392 g/mol. The number of benzene rings is 1. The van der Waals surface area contributed by atoms with Crippen LogP contribution in [0.15, 0.2) is 64.1 Å². The normalized spacial score (nSPS) is 20.1. The molecule has 2 N–H and O–H groups in total. The summed E-state index contributed by atoms with van der Waals surface area (Å²) < 4.78 is 0. The van der Waals surface area contributed by atoms with Gasteiger partial charge in [-0.2, -0.15) is 5.26 Å². The number of nitrogens with one attached hydrogen (secondary N) is 1. The lowest BCUT2D eigenvalue weighted by Crippen LogP contribution is -2.15. The summed E-state index contributed by atoms with van der Waals surface area (Å²) in [6.45, 7) is 2.00. The van der Waals surface area contributed by atoms with Crippen molar-refractivity contribution in [1.82, 2.24) is 5.48 Å². The third kappa shape index (κ3) is 6.76. The Morgan fingerprint density at radius 2 is 2.26 bits per heavy atom. The summed E-state index contributed by atoms with van der Waals surface area (Å²) in [4.78, 5) is 25.4. The molecule has 0 spiro atoms. The maximum Gasteiger partial charge on any atom is 0.303 e. The molecule has 0 amide bonds. The Balaban J connectivity index is 1.59. The van der Waals surface area contributed by atoms with Crippen LogP contribution in [-0.4, -0.2) is 23.2 Å². The van der Waals surface area contributed by atoms with E-state index in [4.69, 9.17) is 15.2 Å². The van der Waals surface area contributed by atoms with E-state index in [9.17, 15) is 4.79 Å². The van der Waals surface area contributed by atoms with Gasteiger partial charge >= 0.3 is 5.97 Å². The van der Waals surface area contributed by atoms with Gasteiger partial charge in [0.1, 0.15) is 0 Å². The first-order chi connectivity index (χ1) is 15.0. The minimum atomic E-state index is -0.763. The summed E-state index contributed by atoms with van der Waals surface area (Å²) in [7, 11) is 0. The molecule has 160 valence electrons. The van der Waals surface area contributed by atoms with E-state index in [1.165, 1.54) is 0 Å². The third-order valence-electron chi connectivity index (χ3n) is 5.01. The van der Waals surface area contributed by atoms with E-state index >= 15 is 0 Å². The van der Waals surface area contributed by atoms with E-state index in [-0.39, 0.29) is 18.5 Å². The number of hydroxylamine groups is 1. The first kappa shape index (κ1) is 22.2. The van der Waals surface area contributed by atoms with Crippen LogP contribution in [0.5, 0.6) is 0 Å². The van der Waals surface area contributed by atoms with Crippen molar-refractivity contribution in [2.75, 3.05) is 0 Å². The van der Waals surface area contributed by atoms with Gasteiger partial charge in [-0.25, -0.2) is 4.99 Å². The number of hydrogen-bond donors (Lipinski definition) is 2. The highest BCUT2D eigenvalue weighted by Gasteiger charge is 2.22. The number of rotatable bonds is 9. The fraction of sp³-hybridized carbons (Fsp3) is 0.333. The smallest absolute Gasteiger partial charge is 0.303 e. The number of aliphatic imine (C=N–C) groups is 2. The Morgan fingerprint density at radius 1 is 1.39 bits per heavy atom. The monoisotopic (exact) mass is 418 g/mol. The molecule has 2 atom stereocenters. The number of unbranched alkanes of at least 4 members (excludes halogenated alkanes) is 2. The number of carboxylic acids is 1. The summed E-state index contributed by atoms with van der Waals surface area (Å²) in [5, 5.41) is 17.7. The number of nitriles is 1. The molecule has 0 bridgehead atoms. The molecule has 0 fully saturated rings. The Bertz CT molecular complexity index is 999. The average molecular weight is 418 g/mol. The Labute approximate surface area is 182 Å². The average Bonchev–Trinajstić information content (AvgIpc) is 3.09. The number of nitrogens with zero attached hydrogens (tertiary/aromatic N) is 3. The van der Waals surface area contributed by atoms with Crippen LogP contribution in [0.4, 0.5) is 5.69 Å². The zero-order valence-corrected chi connectivity index (χ0v) is 17.5. The van der Waals surface area contributed by atoms with Gasteiger partial charge in [-0.1, -0.05) is 30.4 Å². The maximum atomic E-state index is 10.6. The molecule has 0 radical (unpaired) electrons. The first-order valence-corrected chi connectivity index (χ1v) is 10.4. The summed E-state index contributed by atoms with van der Waals surface area (Å²) in [5.74, 6) is -0.0316. The Hall–Kier alpha value is -3.50. The van der Waals surface area contributed by atoms with Gasteiger partial charge in [-0.15, -0.1) is 5.48 Å². The lowest BCUT2D eigenvalue weighted by Gasteiger charge is -2.09. The summed E-state index contributed by atoms with van der Waals surface area (Å²) in [5.41, 5.74) is 6.47. The molecule has 3 rings (SSSR count). The topological polar surface area (TPSA) is 107 Å². The van der Waals surface area contributed by atoms with Crippen LogP contribution in [-0.2, 0) is 9.63 Å². The molecule has 0 saturated heterocycles. The molecule has 2 unspecified atom stereocenters. The summed E-state index contributed by atoms with van der Waals surface area (Å²) in [6.07, 6.45) is 14.0. The summed E-state index contributed by atoms with van der Waals surface area (Å²) in [6, 6.07) is 8.14. The quantitative estimate of drug-likeness (QED) is 0.440. The van der Waals surface area contributed by atoms with Gasteiger partial charge in [0.15, 0.2) is 6.17 Å². The van der Waals surface area contributed by atoms with Gasteiger partial charge in [0.2, 0.25) is 5.90 Å². The second kappa shape index (κ2) is 11.0. The van der Waals surface area contributed by atoms with E-state index < -0.39 is 5.97 Å². The van der Waals surface area contributed by atoms with E-state index in [2.05, 4.69) is 21.5 Å². The zero-order valence-electron chi connectivity index (χ0n) is 17.5. The van der Waals surface area contributed by atoms with Crippen molar-refractivity contribution in [2.24, 2.45) is 15.9 Å². The first-order valence-electron chi connectivity index (χ1n) is 10.4. The predicted molar refractivity (Wildman–Crippen MR) is 120 cm³/mol. The largest absolute Gasteiger partial charge is 0.481 e. The van der Waals surface area contributed by atoms with Crippen molar-refractivity contribution in [3.05, 3.63) is 65.3 Å². The molecule has 1 aromatic carbocycles. The van der Waals surface area contributed by atoms with Crippen LogP contribution in [0.2, 0.25) is 0 Å². The van der Waals surface area contributed by atoms with E-state index in [0.717, 1.165) is 29.7 Å². The van der Waals surface area contributed by atoms with Crippen molar-refractivity contribution in [2.45, 2.75) is 45.2 Å². The lowest BCUT2D eigenvalue weighted by molar-refractivity contribution is -0.137. The van der Waals surface area contributed by atoms with Crippen LogP contribution in [0.3, 0.4) is 0 Å². The second-order valence-electron chi connectivity index (χ2n) is 7.49. The molecule has 2 aliphatic rings. The predicted octanol–water partition coefficient (Wildman–Crippen LogP) is 4.86. The SMILES string of the molecule is Cc1ccc(C2N=C(CC3C=CC=C(C#N)C=C3)ON2)cc1/N=C/CCCCC(=O)O. The van der Waals surface area contributed by atoms with Crippen molar-refractivity contribution >= 4 is 23.8 Å². The molecule has 1 aromatic rings. The van der Waals surface area contributed by atoms with Gasteiger partial charge < -0.3 is 9.94 Å². The van der Waals surface area contributed by atoms with Gasteiger partial charge in [0.05, 0.1) is 17.3 Å². The van der Waals surface area contributed by atoms with Gasteiger partial charge in [0, 0.05) is 25.0 Å². The number of hydrogen-bond acceptors (Lipinski definition) is 6. The molecule has 31 heavy (non-hydrogen) atoms. The molecule has 7 heteroatoms. The van der Waals surface area contributed by atoms with Crippen LogP contribution in [0.25, 0.3) is 0 Å². The fourth-order valence-corrected chi connectivity index (χ4v) is 3.23. The molecular formula is C24H26N4O3. The Morgan fingerprint density at radius 3 is 3.06 bits per heavy atom. The minimum Gasteiger partial charge on any atom is -0.481 e. The minimum absolute atomic E-state index is 0.112. The molecule has 0 aromatic heterocycles. The number of carbonyl (C=O) groups is 1. The number of aryl methyl sites for hydroxylation is 1. The van der Waals surface area contributed by atoms with E-state index in [0.29, 0.717) is 24.3 Å². The summed E-state index contributed by atoms with van der Waals surface area (Å²) >= 11 is 0. The lowest BCUT2D eigenvalue weighted by atomic mass is 10.0. The van der Waals surface area contributed by atoms with Crippen molar-refractivity contribution < 1.29 is 14.7 Å². The van der Waals surface area contributed by atoms with Crippen molar-refractivity contribution in [1.29, 1.82) is 5.26 Å². The molecule has 7 nitrogen and oxygen atoms in total. The van der Waals surface area contributed by atoms with Crippen molar-refractivity contribution in [3.63, 3.8) is 0 Å². The number of carboxylic acid groups (broad SMARTS) is 1. The van der Waals surface area contributed by atoms with Gasteiger partial charge in [0.25, 0.3) is 0 Å². The van der Waals surface area contributed by atoms with Crippen LogP contribution < -0.4 is 5.48 Å². The maximum absolute atomic E-state index is 10.6. The number of aliphatic carboxylic acids is 1. The Kier molecular flexibility index (Phi) is 7.91. The van der Waals surface area contributed by atoms with Gasteiger partial charge in [-0.3, -0.25) is 9.79 Å². The van der Waals surface area contributed by atoms with Crippen LogP contribution >= 0.6 is 0 Å². The van der Waals surface area contributed by atoms with Gasteiger partial charge in [-0.05, 0) is 55.5 Å². The molecule has 0 saturated carbocycles. The van der Waals surface area contributed by atoms with E-state index in [1.54, 1.807) is 6.08 Å². The molecule has 1 heterocycles. The van der Waals surface area contributed by atoms with E-state index in [1.807, 2.05) is 55.6 Å². The highest BCUT2D eigenvalue weighted by Crippen LogP contribution is 2.28. The number of allylic oxidation sites excluding steroid dienone is 6. The third-order valence-corrected chi connectivity index (χ3v) is 5.01. The standard InChI is InChI=1S/C24H26N4O3/c1-17-9-12-20(15-21(17)26-13-4-2-3-8-23(29)30)24-27-22(31-28-24)14-18-6-5-7-19(16-25)11-10-18/h5-7,9-13,15,18,24,28H,2-4,8,14H2,1H3,(H,29,30)/b26-13+. The fourth-order valence-electron chi connectivity index (χ4n) is 3.23. The van der Waals surface area contributed by atoms with Crippen molar-refractivity contribution in [3.8, 4) is 6.07 Å². The highest BCUT2D eigenvalue weighted by molar-refractivity contribution is 5.78. The second-order valence-corrected chi connectivity index (χ2v) is 7.49. The van der Waals surface area contributed by atoms with Crippen LogP contribution in [0.1, 0.15) is 49.4 Å². The van der Waals surface area contributed by atoms with Crippen LogP contribution in [0, 0.1) is 24.2 Å². The zero-order chi connectivity index (χ0) is 22.1. The molecule has 1 aliphatic carbocycles.